The average molecular weight is 220 g/mol. The van der Waals surface area contributed by atoms with Crippen LogP contribution in [-0.2, 0) is 0 Å². The van der Waals surface area contributed by atoms with Crippen molar-refractivity contribution in [2.45, 2.75) is 6.42 Å². The summed E-state index contributed by atoms with van der Waals surface area (Å²) in [6.45, 7) is 0. The van der Waals surface area contributed by atoms with Gasteiger partial charge in [0.05, 0.1) is 0 Å². The van der Waals surface area contributed by atoms with E-state index in [0.29, 0.717) is 5.75 Å². The van der Waals surface area contributed by atoms with E-state index in [-0.39, 0.29) is 12.4 Å². The molecule has 0 radical (unpaired) electrons. The molecule has 0 unspecified atom stereocenters. The summed E-state index contributed by atoms with van der Waals surface area (Å²) in [5.74, 6) is 0.315. The van der Waals surface area contributed by atoms with Crippen LogP contribution in [-0.4, -0.2) is 10.8 Å². The second-order valence-corrected chi connectivity index (χ2v) is 3.52. The molecule has 1 heterocycles. The first kappa shape index (κ1) is 9.99. The van der Waals surface area contributed by atoms with E-state index < -0.39 is 0 Å². The summed E-state index contributed by atoms with van der Waals surface area (Å²) in [4.78, 5) is 4.25. The van der Waals surface area contributed by atoms with Crippen LogP contribution in [0.1, 0.15) is 17.5 Å². The maximum atomic E-state index is 9.64. The summed E-state index contributed by atoms with van der Waals surface area (Å²) in [7, 11) is 0. The van der Waals surface area contributed by atoms with Gasteiger partial charge in [0.25, 0.3) is 0 Å². The van der Waals surface area contributed by atoms with E-state index in [1.165, 1.54) is 5.57 Å². The van der Waals surface area contributed by atoms with Crippen LogP contribution in [0, 0.1) is 0 Å². The first-order chi connectivity index (χ1) is 6.84. The Bertz CT molecular complexity index is 500. The molecule has 1 aliphatic carbocycles. The highest BCUT2D eigenvalue weighted by Crippen LogP contribution is 2.33. The number of fused-ring (bicyclic) bond motifs is 2. The fourth-order valence-electron chi connectivity index (χ4n) is 1.67. The standard InChI is InChI=1S/C12H9NO.ClH/c14-12-3-1-2-8-6-9-7-11(9)13-5-4-10(8)12;/h1-6,14H,7H2;1H/b5-4-,8-6?,9-6-,10-4?,13-5?,13-11-;. The van der Waals surface area contributed by atoms with Crippen LogP contribution in [0.25, 0.3) is 12.2 Å². The fourth-order valence-corrected chi connectivity index (χ4v) is 1.67. The third kappa shape index (κ3) is 1.68. The van der Waals surface area contributed by atoms with Crippen LogP contribution in [0.3, 0.4) is 0 Å². The van der Waals surface area contributed by atoms with Gasteiger partial charge >= 0.3 is 0 Å². The Kier molecular flexibility index (Phi) is 2.37. The molecular weight excluding hydrogens is 210 g/mol. The Labute approximate surface area is 94.1 Å². The lowest BCUT2D eigenvalue weighted by atomic mass is 10.1. The highest BCUT2D eigenvalue weighted by Gasteiger charge is 2.23. The molecule has 2 aliphatic rings. The molecule has 1 aromatic carbocycles. The minimum atomic E-state index is 0. The van der Waals surface area contributed by atoms with Crippen LogP contribution in [0.5, 0.6) is 5.75 Å². The Morgan fingerprint density at radius 3 is 3.00 bits per heavy atom. The van der Waals surface area contributed by atoms with Gasteiger partial charge in [0.1, 0.15) is 5.75 Å². The number of halogens is 1. The number of allylic oxidation sites excluding steroid dienone is 1. The topological polar surface area (TPSA) is 32.6 Å². The summed E-state index contributed by atoms with van der Waals surface area (Å²) in [6.07, 6.45) is 6.69. The van der Waals surface area contributed by atoms with E-state index in [9.17, 15) is 5.11 Å². The Hall–Kier alpha value is -1.54. The summed E-state index contributed by atoms with van der Waals surface area (Å²) < 4.78 is 0. The molecule has 0 spiro atoms. The first-order valence-corrected chi connectivity index (χ1v) is 4.61. The predicted molar refractivity (Wildman–Crippen MR) is 64.4 cm³/mol. The lowest BCUT2D eigenvalue weighted by Gasteiger charge is -2.03. The van der Waals surface area contributed by atoms with Gasteiger partial charge in [-0.15, -0.1) is 12.4 Å². The zero-order valence-electron chi connectivity index (χ0n) is 7.97. The quantitative estimate of drug-likeness (QED) is 0.715. The number of phenols is 1. The Morgan fingerprint density at radius 2 is 2.13 bits per heavy atom. The van der Waals surface area contributed by atoms with Crippen molar-refractivity contribution in [2.75, 3.05) is 0 Å². The van der Waals surface area contributed by atoms with Crippen molar-refractivity contribution in [3.05, 3.63) is 41.1 Å². The first-order valence-electron chi connectivity index (χ1n) is 4.61. The second kappa shape index (κ2) is 3.55. The van der Waals surface area contributed by atoms with E-state index in [1.54, 1.807) is 12.3 Å². The summed E-state index contributed by atoms with van der Waals surface area (Å²) in [5.41, 5.74) is 4.37. The zero-order valence-corrected chi connectivity index (χ0v) is 8.79. The number of benzene rings is 1. The van der Waals surface area contributed by atoms with Gasteiger partial charge in [-0.2, -0.15) is 0 Å². The molecule has 0 atom stereocenters. The molecule has 1 fully saturated rings. The highest BCUT2D eigenvalue weighted by molar-refractivity contribution is 6.21. The lowest BCUT2D eigenvalue weighted by molar-refractivity contribution is 0.474. The largest absolute Gasteiger partial charge is 0.507 e. The molecule has 0 aromatic heterocycles. The molecule has 3 heteroatoms. The number of aliphatic imine (C=N–C) groups is 1. The van der Waals surface area contributed by atoms with Gasteiger partial charge in [-0.05, 0) is 29.4 Å². The van der Waals surface area contributed by atoms with Gasteiger partial charge in [-0.3, -0.25) is 4.99 Å². The van der Waals surface area contributed by atoms with E-state index >= 15 is 0 Å². The number of rotatable bonds is 0. The molecule has 3 rings (SSSR count). The van der Waals surface area contributed by atoms with Crippen molar-refractivity contribution < 1.29 is 5.11 Å². The zero-order chi connectivity index (χ0) is 9.54. The molecule has 0 saturated heterocycles. The number of aromatic hydroxyl groups is 1. The van der Waals surface area contributed by atoms with Crippen LogP contribution >= 0.6 is 12.4 Å². The van der Waals surface area contributed by atoms with E-state index in [4.69, 9.17) is 0 Å². The fraction of sp³-hybridized carbons (Fsp3) is 0.0833. The van der Waals surface area contributed by atoms with Crippen molar-refractivity contribution in [2.24, 2.45) is 4.99 Å². The Morgan fingerprint density at radius 1 is 1.27 bits per heavy atom. The third-order valence-electron chi connectivity index (χ3n) is 2.52. The number of hydrogen-bond donors (Lipinski definition) is 1. The normalized spacial score (nSPS) is 25.1. The predicted octanol–water partition coefficient (Wildman–Crippen LogP) is 3.03. The van der Waals surface area contributed by atoms with Gasteiger partial charge in [0.2, 0.25) is 0 Å². The molecule has 0 amide bonds. The summed E-state index contributed by atoms with van der Waals surface area (Å²) in [5, 5.41) is 9.64. The maximum Gasteiger partial charge on any atom is 0.123 e. The second-order valence-electron chi connectivity index (χ2n) is 3.52. The van der Waals surface area contributed by atoms with Gasteiger partial charge in [-0.1, -0.05) is 12.1 Å². The van der Waals surface area contributed by atoms with Gasteiger partial charge in [-0.25, -0.2) is 0 Å². The smallest absolute Gasteiger partial charge is 0.123 e. The Balaban J connectivity index is 0.000000853. The lowest BCUT2D eigenvalue weighted by Crippen LogP contribution is -1.83. The van der Waals surface area contributed by atoms with Gasteiger partial charge < -0.3 is 5.11 Å². The van der Waals surface area contributed by atoms with Crippen LogP contribution in [0.4, 0.5) is 0 Å². The maximum absolute atomic E-state index is 9.64. The molecule has 1 aromatic rings. The molecule has 1 N–H and O–H groups in total. The summed E-state index contributed by atoms with van der Waals surface area (Å²) >= 11 is 0. The monoisotopic (exact) mass is 219 g/mol. The minimum absolute atomic E-state index is 0. The van der Waals surface area contributed by atoms with Crippen molar-refractivity contribution in [1.29, 1.82) is 0 Å². The minimum Gasteiger partial charge on any atom is -0.507 e. The van der Waals surface area contributed by atoms with Gasteiger partial charge in [0.15, 0.2) is 0 Å². The third-order valence-corrected chi connectivity index (χ3v) is 2.52. The van der Waals surface area contributed by atoms with Crippen molar-refractivity contribution >= 4 is 30.3 Å². The molecule has 1 aliphatic heterocycles. The van der Waals surface area contributed by atoms with Crippen LogP contribution in [0.2, 0.25) is 0 Å². The molecule has 1 saturated carbocycles. The number of nitrogens with zero attached hydrogens (tertiary/aromatic N) is 1. The molecule has 0 bridgehead atoms. The SMILES string of the molecule is Cl.Oc1cccc2c1\C=C/N=C1/C/C1=C/2. The van der Waals surface area contributed by atoms with Crippen LogP contribution < -0.4 is 0 Å². The molecule has 76 valence electrons. The van der Waals surface area contributed by atoms with Crippen molar-refractivity contribution in [1.82, 2.24) is 0 Å². The molecule has 15 heavy (non-hydrogen) atoms. The van der Waals surface area contributed by atoms with Crippen LogP contribution in [0.15, 0.2) is 35.0 Å². The number of phenolic OH excluding ortho intramolecular Hbond substituents is 1. The molecular formula is C12H10ClNO. The van der Waals surface area contributed by atoms with E-state index in [1.807, 2.05) is 18.2 Å². The van der Waals surface area contributed by atoms with Crippen molar-refractivity contribution in [3.8, 4) is 5.75 Å². The van der Waals surface area contributed by atoms with Crippen molar-refractivity contribution in [3.63, 3.8) is 0 Å². The van der Waals surface area contributed by atoms with Gasteiger partial charge in [0, 0.05) is 23.9 Å². The summed E-state index contributed by atoms with van der Waals surface area (Å²) in [6, 6.07) is 5.56. The van der Waals surface area contributed by atoms with E-state index in [2.05, 4.69) is 11.1 Å². The molecule has 2 nitrogen and oxygen atoms in total. The van der Waals surface area contributed by atoms with E-state index in [0.717, 1.165) is 23.3 Å². The highest BCUT2D eigenvalue weighted by atomic mass is 35.5. The number of hydrogen-bond acceptors (Lipinski definition) is 2. The average Bonchev–Trinajstić information content (AvgIpc) is 2.83.